The zero-order chi connectivity index (χ0) is 12.7. The molecule has 1 rings (SSSR count). The molecule has 0 unspecified atom stereocenters. The molecule has 0 saturated carbocycles. The number of aromatic nitrogens is 1. The molecule has 0 aliphatic rings. The molecule has 0 saturated heterocycles. The molecule has 0 spiro atoms. The number of rotatable bonds is 7. The summed E-state index contributed by atoms with van der Waals surface area (Å²) in [6.45, 7) is 2.75. The number of pyridine rings is 1. The Labute approximate surface area is 102 Å². The van der Waals surface area contributed by atoms with Gasteiger partial charge in [0.2, 0.25) is 15.9 Å². The molecule has 2 N–H and O–H groups in total. The molecule has 0 aromatic carbocycles. The molecule has 0 atom stereocenters. The first-order valence-electron chi connectivity index (χ1n) is 5.65. The first-order valence-corrected chi connectivity index (χ1v) is 7.20. The van der Waals surface area contributed by atoms with Gasteiger partial charge < -0.3 is 4.74 Å². The van der Waals surface area contributed by atoms with Crippen molar-refractivity contribution in [3.63, 3.8) is 0 Å². The second-order valence-electron chi connectivity index (χ2n) is 3.79. The first-order chi connectivity index (χ1) is 8.04. The lowest BCUT2D eigenvalue weighted by Crippen LogP contribution is -2.12. The van der Waals surface area contributed by atoms with Crippen molar-refractivity contribution in [3.8, 4) is 5.88 Å². The number of hydrogen-bond donors (Lipinski definition) is 1. The maximum absolute atomic E-state index is 11.0. The monoisotopic (exact) mass is 258 g/mol. The van der Waals surface area contributed by atoms with Crippen LogP contribution in [0.1, 0.15) is 32.6 Å². The lowest BCUT2D eigenvalue weighted by Gasteiger charge is -2.05. The van der Waals surface area contributed by atoms with Crippen LogP contribution in [0.25, 0.3) is 0 Å². The number of nitrogens with zero attached hydrogens (tertiary/aromatic N) is 1. The van der Waals surface area contributed by atoms with E-state index in [4.69, 9.17) is 9.88 Å². The lowest BCUT2D eigenvalue weighted by molar-refractivity contribution is 0.293. The topological polar surface area (TPSA) is 82.3 Å². The normalized spacial score (nSPS) is 11.4. The third-order valence-electron chi connectivity index (χ3n) is 2.29. The van der Waals surface area contributed by atoms with Crippen LogP contribution < -0.4 is 9.88 Å². The molecule has 1 aromatic heterocycles. The van der Waals surface area contributed by atoms with Gasteiger partial charge in [-0.3, -0.25) is 0 Å². The van der Waals surface area contributed by atoms with E-state index < -0.39 is 10.0 Å². The van der Waals surface area contributed by atoms with Crippen LogP contribution in [0.5, 0.6) is 5.88 Å². The third-order valence-corrected chi connectivity index (χ3v) is 3.18. The van der Waals surface area contributed by atoms with Crippen LogP contribution in [0.3, 0.4) is 0 Å². The summed E-state index contributed by atoms with van der Waals surface area (Å²) in [5.74, 6) is 0.425. The molecule has 0 radical (unpaired) electrons. The zero-order valence-corrected chi connectivity index (χ0v) is 10.7. The fourth-order valence-electron chi connectivity index (χ4n) is 1.33. The van der Waals surface area contributed by atoms with E-state index in [1.54, 1.807) is 0 Å². The highest BCUT2D eigenvalue weighted by molar-refractivity contribution is 7.89. The molecule has 17 heavy (non-hydrogen) atoms. The van der Waals surface area contributed by atoms with Gasteiger partial charge in [0.05, 0.1) is 12.8 Å². The molecule has 0 bridgehead atoms. The van der Waals surface area contributed by atoms with Crippen LogP contribution in [-0.2, 0) is 10.0 Å². The van der Waals surface area contributed by atoms with Gasteiger partial charge in [0.1, 0.15) is 4.90 Å². The van der Waals surface area contributed by atoms with E-state index in [2.05, 4.69) is 11.9 Å². The molecule has 5 nitrogen and oxygen atoms in total. The summed E-state index contributed by atoms with van der Waals surface area (Å²) in [4.78, 5) is 3.88. The molecule has 0 amide bonds. The predicted octanol–water partition coefficient (Wildman–Crippen LogP) is 1.69. The van der Waals surface area contributed by atoms with E-state index >= 15 is 0 Å². The third kappa shape index (κ3) is 5.14. The fourth-order valence-corrected chi connectivity index (χ4v) is 1.78. The summed E-state index contributed by atoms with van der Waals surface area (Å²) in [5.41, 5.74) is 0. The highest BCUT2D eigenvalue weighted by Gasteiger charge is 2.07. The average Bonchev–Trinajstić information content (AvgIpc) is 2.28. The van der Waals surface area contributed by atoms with E-state index in [0.717, 1.165) is 12.8 Å². The van der Waals surface area contributed by atoms with Crippen LogP contribution in [0.15, 0.2) is 23.2 Å². The van der Waals surface area contributed by atoms with Gasteiger partial charge in [-0.25, -0.2) is 18.5 Å². The smallest absolute Gasteiger partial charge is 0.239 e. The average molecular weight is 258 g/mol. The Morgan fingerprint density at radius 2 is 2.06 bits per heavy atom. The quantitative estimate of drug-likeness (QED) is 0.754. The maximum atomic E-state index is 11.0. The van der Waals surface area contributed by atoms with Gasteiger partial charge in [0.15, 0.2) is 0 Å². The Morgan fingerprint density at radius 1 is 1.29 bits per heavy atom. The molecular formula is C11H18N2O3S. The number of ether oxygens (including phenoxy) is 1. The number of unbranched alkanes of at least 4 members (excludes halogenated alkanes) is 3. The summed E-state index contributed by atoms with van der Waals surface area (Å²) in [6, 6.07) is 2.91. The van der Waals surface area contributed by atoms with E-state index in [0.29, 0.717) is 12.5 Å². The lowest BCUT2D eigenvalue weighted by atomic mass is 10.2. The van der Waals surface area contributed by atoms with Gasteiger partial charge in [-0.05, 0) is 12.5 Å². The van der Waals surface area contributed by atoms with Gasteiger partial charge in [0.25, 0.3) is 0 Å². The Morgan fingerprint density at radius 3 is 2.59 bits per heavy atom. The van der Waals surface area contributed by atoms with Crippen molar-refractivity contribution in [2.75, 3.05) is 6.61 Å². The summed E-state index contributed by atoms with van der Waals surface area (Å²) in [6.07, 6.45) is 5.69. The summed E-state index contributed by atoms with van der Waals surface area (Å²) >= 11 is 0. The van der Waals surface area contributed by atoms with E-state index in [9.17, 15) is 8.42 Å². The molecule has 1 heterocycles. The summed E-state index contributed by atoms with van der Waals surface area (Å²) in [7, 11) is -3.67. The molecule has 96 valence electrons. The summed E-state index contributed by atoms with van der Waals surface area (Å²) in [5, 5.41) is 4.95. The van der Waals surface area contributed by atoms with Crippen molar-refractivity contribution in [2.24, 2.45) is 5.14 Å². The van der Waals surface area contributed by atoms with Crippen molar-refractivity contribution >= 4 is 10.0 Å². The second-order valence-corrected chi connectivity index (χ2v) is 5.35. The molecule has 6 heteroatoms. The fraction of sp³-hybridized carbons (Fsp3) is 0.545. The largest absolute Gasteiger partial charge is 0.478 e. The first kappa shape index (κ1) is 13.9. The number of nitrogens with two attached hydrogens (primary N) is 1. The summed E-state index contributed by atoms with van der Waals surface area (Å²) < 4.78 is 27.3. The molecular weight excluding hydrogens is 240 g/mol. The SMILES string of the molecule is CCCCCCOc1ccc(S(N)(=O)=O)cn1. The van der Waals surface area contributed by atoms with Crippen LogP contribution in [-0.4, -0.2) is 20.0 Å². The van der Waals surface area contributed by atoms with E-state index in [1.165, 1.54) is 31.2 Å². The Kier molecular flexibility index (Phi) is 5.37. The van der Waals surface area contributed by atoms with Crippen LogP contribution in [0.4, 0.5) is 0 Å². The maximum Gasteiger partial charge on any atom is 0.239 e. The second kappa shape index (κ2) is 6.56. The van der Waals surface area contributed by atoms with Crippen molar-refractivity contribution in [1.82, 2.24) is 4.98 Å². The Bertz CT molecular complexity index is 429. The number of hydrogen-bond acceptors (Lipinski definition) is 4. The highest BCUT2D eigenvalue weighted by Crippen LogP contribution is 2.11. The van der Waals surface area contributed by atoms with Gasteiger partial charge in [-0.15, -0.1) is 0 Å². The minimum absolute atomic E-state index is 0.00386. The van der Waals surface area contributed by atoms with Crippen LogP contribution in [0.2, 0.25) is 0 Å². The Hall–Kier alpha value is -1.14. The highest BCUT2D eigenvalue weighted by atomic mass is 32.2. The molecule has 0 fully saturated rings. The van der Waals surface area contributed by atoms with Crippen molar-refractivity contribution < 1.29 is 13.2 Å². The van der Waals surface area contributed by atoms with E-state index in [1.807, 2.05) is 0 Å². The predicted molar refractivity (Wildman–Crippen MR) is 65.2 cm³/mol. The van der Waals surface area contributed by atoms with E-state index in [-0.39, 0.29) is 4.90 Å². The van der Waals surface area contributed by atoms with Gasteiger partial charge in [0, 0.05) is 6.07 Å². The zero-order valence-electron chi connectivity index (χ0n) is 9.93. The molecule has 0 aliphatic carbocycles. The minimum Gasteiger partial charge on any atom is -0.478 e. The molecule has 1 aromatic rings. The minimum atomic E-state index is -3.67. The standard InChI is InChI=1S/C11H18N2O3S/c1-2-3-4-5-8-16-11-7-6-10(9-13-11)17(12,14)15/h6-7,9H,2-5,8H2,1H3,(H2,12,14,15). The van der Waals surface area contributed by atoms with Crippen molar-refractivity contribution in [1.29, 1.82) is 0 Å². The number of sulfonamides is 1. The van der Waals surface area contributed by atoms with Gasteiger partial charge in [-0.2, -0.15) is 0 Å². The van der Waals surface area contributed by atoms with Crippen molar-refractivity contribution in [3.05, 3.63) is 18.3 Å². The van der Waals surface area contributed by atoms with Crippen LogP contribution in [0, 0.1) is 0 Å². The number of primary sulfonamides is 1. The van der Waals surface area contributed by atoms with Gasteiger partial charge in [-0.1, -0.05) is 26.2 Å². The van der Waals surface area contributed by atoms with Crippen LogP contribution >= 0.6 is 0 Å². The molecule has 0 aliphatic heterocycles. The Balaban J connectivity index is 2.41. The van der Waals surface area contributed by atoms with Gasteiger partial charge >= 0.3 is 0 Å². The van der Waals surface area contributed by atoms with Crippen molar-refractivity contribution in [2.45, 2.75) is 37.5 Å².